The number of fused-ring (bicyclic) bond motifs is 2. The van der Waals surface area contributed by atoms with Gasteiger partial charge in [-0.3, -0.25) is 4.90 Å². The summed E-state index contributed by atoms with van der Waals surface area (Å²) in [5.41, 5.74) is 5.76. The van der Waals surface area contributed by atoms with Gasteiger partial charge in [0, 0.05) is 18.1 Å². The van der Waals surface area contributed by atoms with Crippen molar-refractivity contribution in [2.45, 2.75) is 57.7 Å². The number of piperidine rings is 1. The van der Waals surface area contributed by atoms with Crippen LogP contribution >= 0.6 is 0 Å². The lowest BCUT2D eigenvalue weighted by Gasteiger charge is -2.41. The van der Waals surface area contributed by atoms with Gasteiger partial charge >= 0.3 is 0 Å². The summed E-state index contributed by atoms with van der Waals surface area (Å²) in [7, 11) is 0. The zero-order valence-electron chi connectivity index (χ0n) is 8.87. The summed E-state index contributed by atoms with van der Waals surface area (Å²) in [6, 6.07) is 2.44. The van der Waals surface area contributed by atoms with E-state index >= 15 is 0 Å². The van der Waals surface area contributed by atoms with Crippen molar-refractivity contribution in [3.05, 3.63) is 0 Å². The minimum absolute atomic E-state index is 0.733. The highest BCUT2D eigenvalue weighted by Crippen LogP contribution is 2.39. The van der Waals surface area contributed by atoms with E-state index in [1.165, 1.54) is 25.7 Å². The lowest BCUT2D eigenvalue weighted by Crippen LogP contribution is -2.47. The predicted octanol–water partition coefficient (Wildman–Crippen LogP) is 1.60. The summed E-state index contributed by atoms with van der Waals surface area (Å²) in [6.45, 7) is 5.56. The molecule has 0 aliphatic carbocycles. The molecule has 2 aliphatic heterocycles. The molecule has 2 heteroatoms. The van der Waals surface area contributed by atoms with Gasteiger partial charge in [0.15, 0.2) is 0 Å². The topological polar surface area (TPSA) is 29.3 Å². The van der Waals surface area contributed by atoms with Crippen molar-refractivity contribution in [1.82, 2.24) is 4.90 Å². The number of rotatable bonds is 2. The zero-order valence-corrected chi connectivity index (χ0v) is 8.87. The standard InChI is InChI=1S/C11H22N2/c1-8(2)13-10-3-4-11(13)6-9(5-10)7-12/h8-11H,3-7,12H2,1-2H3. The van der Waals surface area contributed by atoms with Crippen LogP contribution in [0.25, 0.3) is 0 Å². The minimum atomic E-state index is 0.733. The van der Waals surface area contributed by atoms with Gasteiger partial charge in [-0.05, 0) is 52.0 Å². The summed E-state index contributed by atoms with van der Waals surface area (Å²) in [5.74, 6) is 0.812. The Morgan fingerprint density at radius 2 is 1.77 bits per heavy atom. The molecule has 0 spiro atoms. The monoisotopic (exact) mass is 182 g/mol. The summed E-state index contributed by atoms with van der Waals surface area (Å²) < 4.78 is 0. The van der Waals surface area contributed by atoms with Crippen LogP contribution in [0.4, 0.5) is 0 Å². The third-order valence-corrected chi connectivity index (χ3v) is 3.82. The highest BCUT2D eigenvalue weighted by molar-refractivity contribution is 4.96. The molecule has 0 saturated carbocycles. The predicted molar refractivity (Wildman–Crippen MR) is 55.6 cm³/mol. The van der Waals surface area contributed by atoms with Crippen LogP contribution in [0.2, 0.25) is 0 Å². The number of nitrogens with two attached hydrogens (primary N) is 1. The molecule has 2 N–H and O–H groups in total. The normalized spacial score (nSPS) is 40.2. The quantitative estimate of drug-likeness (QED) is 0.703. The first-order valence-corrected chi connectivity index (χ1v) is 5.70. The Hall–Kier alpha value is -0.0800. The van der Waals surface area contributed by atoms with E-state index in [1.54, 1.807) is 0 Å². The molecule has 2 rings (SSSR count). The van der Waals surface area contributed by atoms with Gasteiger partial charge in [0.05, 0.1) is 0 Å². The maximum Gasteiger partial charge on any atom is 0.0105 e. The summed E-state index contributed by atoms with van der Waals surface area (Å²) in [4.78, 5) is 2.73. The van der Waals surface area contributed by atoms with E-state index in [1.807, 2.05) is 0 Å². The zero-order chi connectivity index (χ0) is 9.42. The summed E-state index contributed by atoms with van der Waals surface area (Å²) in [5, 5.41) is 0. The fourth-order valence-corrected chi connectivity index (χ4v) is 3.36. The average Bonchev–Trinajstić information content (AvgIpc) is 2.37. The molecule has 2 saturated heterocycles. The smallest absolute Gasteiger partial charge is 0.0105 e. The van der Waals surface area contributed by atoms with E-state index in [0.717, 1.165) is 30.6 Å². The number of hydrogen-bond acceptors (Lipinski definition) is 2. The second-order valence-electron chi connectivity index (χ2n) is 5.00. The average molecular weight is 182 g/mol. The van der Waals surface area contributed by atoms with Gasteiger partial charge in [-0.1, -0.05) is 0 Å². The van der Waals surface area contributed by atoms with Crippen molar-refractivity contribution < 1.29 is 0 Å². The molecular weight excluding hydrogens is 160 g/mol. The lowest BCUT2D eigenvalue weighted by atomic mass is 9.90. The van der Waals surface area contributed by atoms with Crippen molar-refractivity contribution in [3.63, 3.8) is 0 Å². The van der Waals surface area contributed by atoms with Gasteiger partial charge in [-0.15, -0.1) is 0 Å². The molecule has 13 heavy (non-hydrogen) atoms. The van der Waals surface area contributed by atoms with Crippen LogP contribution in [0.3, 0.4) is 0 Å². The minimum Gasteiger partial charge on any atom is -0.330 e. The molecule has 0 aromatic heterocycles. The largest absolute Gasteiger partial charge is 0.330 e. The van der Waals surface area contributed by atoms with Crippen molar-refractivity contribution in [1.29, 1.82) is 0 Å². The van der Waals surface area contributed by atoms with Crippen LogP contribution in [0.1, 0.15) is 39.5 Å². The van der Waals surface area contributed by atoms with Gasteiger partial charge < -0.3 is 5.73 Å². The first kappa shape index (κ1) is 9.47. The summed E-state index contributed by atoms with van der Waals surface area (Å²) >= 11 is 0. The maximum atomic E-state index is 5.76. The number of hydrogen-bond donors (Lipinski definition) is 1. The van der Waals surface area contributed by atoms with Crippen LogP contribution in [0.5, 0.6) is 0 Å². The van der Waals surface area contributed by atoms with Crippen LogP contribution in [-0.2, 0) is 0 Å². The molecule has 2 atom stereocenters. The molecule has 0 aromatic rings. The molecular formula is C11H22N2. The first-order valence-electron chi connectivity index (χ1n) is 5.70. The summed E-state index contributed by atoms with van der Waals surface area (Å²) in [6.07, 6.45) is 5.54. The molecule has 0 radical (unpaired) electrons. The van der Waals surface area contributed by atoms with Gasteiger partial charge in [0.25, 0.3) is 0 Å². The van der Waals surface area contributed by atoms with E-state index in [2.05, 4.69) is 18.7 Å². The van der Waals surface area contributed by atoms with Crippen molar-refractivity contribution in [3.8, 4) is 0 Å². The van der Waals surface area contributed by atoms with Crippen LogP contribution in [0, 0.1) is 5.92 Å². The third-order valence-electron chi connectivity index (χ3n) is 3.82. The molecule has 2 nitrogen and oxygen atoms in total. The highest BCUT2D eigenvalue weighted by atomic mass is 15.2. The highest BCUT2D eigenvalue weighted by Gasteiger charge is 2.40. The van der Waals surface area contributed by atoms with Gasteiger partial charge in [0.2, 0.25) is 0 Å². The van der Waals surface area contributed by atoms with E-state index in [9.17, 15) is 0 Å². The third kappa shape index (κ3) is 1.62. The fraction of sp³-hybridized carbons (Fsp3) is 1.00. The molecule has 0 aromatic carbocycles. The SMILES string of the molecule is CC(C)N1C2CCC1CC(CN)C2. The Kier molecular flexibility index (Phi) is 2.61. The van der Waals surface area contributed by atoms with E-state index in [0.29, 0.717) is 0 Å². The van der Waals surface area contributed by atoms with E-state index in [-0.39, 0.29) is 0 Å². The number of nitrogens with zero attached hydrogens (tertiary/aromatic N) is 1. The van der Waals surface area contributed by atoms with E-state index < -0.39 is 0 Å². The van der Waals surface area contributed by atoms with Gasteiger partial charge in [0.1, 0.15) is 0 Å². The molecule has 76 valence electrons. The molecule has 2 heterocycles. The van der Waals surface area contributed by atoms with Crippen molar-refractivity contribution in [2.24, 2.45) is 11.7 Å². The second-order valence-corrected chi connectivity index (χ2v) is 5.00. The Labute approximate surface area is 81.5 Å². The first-order chi connectivity index (χ1) is 6.22. The fourth-order valence-electron chi connectivity index (χ4n) is 3.36. The Balaban J connectivity index is 2.04. The molecule has 2 aliphatic rings. The Morgan fingerprint density at radius 1 is 1.23 bits per heavy atom. The molecule has 0 amide bonds. The van der Waals surface area contributed by atoms with Crippen LogP contribution in [-0.4, -0.2) is 29.6 Å². The van der Waals surface area contributed by atoms with Crippen LogP contribution in [0.15, 0.2) is 0 Å². The Morgan fingerprint density at radius 3 is 2.15 bits per heavy atom. The van der Waals surface area contributed by atoms with Gasteiger partial charge in [-0.2, -0.15) is 0 Å². The van der Waals surface area contributed by atoms with Crippen molar-refractivity contribution >= 4 is 0 Å². The lowest BCUT2D eigenvalue weighted by molar-refractivity contribution is 0.0758. The maximum absolute atomic E-state index is 5.76. The second kappa shape index (κ2) is 3.58. The molecule has 2 fully saturated rings. The van der Waals surface area contributed by atoms with Crippen LogP contribution < -0.4 is 5.73 Å². The molecule has 2 unspecified atom stereocenters. The van der Waals surface area contributed by atoms with Crippen molar-refractivity contribution in [2.75, 3.05) is 6.54 Å². The molecule has 2 bridgehead atoms. The van der Waals surface area contributed by atoms with E-state index in [4.69, 9.17) is 5.73 Å². The Bertz CT molecular complexity index is 165. The van der Waals surface area contributed by atoms with Gasteiger partial charge in [-0.25, -0.2) is 0 Å².